The van der Waals surface area contributed by atoms with E-state index in [0.29, 0.717) is 37.4 Å². The van der Waals surface area contributed by atoms with Crippen LogP contribution in [0.3, 0.4) is 0 Å². The summed E-state index contributed by atoms with van der Waals surface area (Å²) in [6, 6.07) is 22.9. The molecule has 1 aromatic heterocycles. The van der Waals surface area contributed by atoms with Gasteiger partial charge in [-0.15, -0.1) is 0 Å². The van der Waals surface area contributed by atoms with E-state index < -0.39 is 10.0 Å². The predicted molar refractivity (Wildman–Crippen MR) is 161 cm³/mol. The molecule has 0 saturated carbocycles. The Bertz CT molecular complexity index is 1850. The molecule has 0 unspecified atom stereocenters. The van der Waals surface area contributed by atoms with Gasteiger partial charge >= 0.3 is 0 Å². The van der Waals surface area contributed by atoms with E-state index in [-0.39, 0.29) is 40.8 Å². The average molecular weight is 595 g/mol. The van der Waals surface area contributed by atoms with Gasteiger partial charge < -0.3 is 9.64 Å². The first-order chi connectivity index (χ1) is 20.7. The normalized spacial score (nSPS) is 18.1. The Labute approximate surface area is 250 Å². The SMILES string of the molecule is Cc1cccc(C)c1-c1cc2nc(n1)NS(=O)(=O)c1cccc(c1)C(=O)N1CCN(Cc3ccccc3C#N)C[C@@H]1CO2. The van der Waals surface area contributed by atoms with Crippen LogP contribution >= 0.6 is 0 Å². The molecular weight excluding hydrogens is 564 g/mol. The Morgan fingerprint density at radius 3 is 2.56 bits per heavy atom. The quantitative estimate of drug-likeness (QED) is 0.375. The number of nitrogens with one attached hydrogen (secondary N) is 1. The minimum Gasteiger partial charge on any atom is -0.475 e. The van der Waals surface area contributed by atoms with Crippen LogP contribution < -0.4 is 9.46 Å². The van der Waals surface area contributed by atoms with Gasteiger partial charge in [-0.2, -0.15) is 10.2 Å². The number of aromatic nitrogens is 2. The average Bonchev–Trinajstić information content (AvgIpc) is 2.99. The van der Waals surface area contributed by atoms with Crippen molar-refractivity contribution in [3.8, 4) is 23.2 Å². The van der Waals surface area contributed by atoms with Crippen LogP contribution in [0.5, 0.6) is 5.88 Å². The van der Waals surface area contributed by atoms with E-state index in [2.05, 4.69) is 25.7 Å². The van der Waals surface area contributed by atoms with Crippen LogP contribution in [0, 0.1) is 25.2 Å². The van der Waals surface area contributed by atoms with E-state index in [0.717, 1.165) is 22.3 Å². The van der Waals surface area contributed by atoms with Crippen molar-refractivity contribution in [2.75, 3.05) is 31.0 Å². The minimum atomic E-state index is -4.12. The van der Waals surface area contributed by atoms with Crippen LogP contribution in [0.25, 0.3) is 11.3 Å². The molecule has 1 fully saturated rings. The van der Waals surface area contributed by atoms with E-state index in [1.54, 1.807) is 29.2 Å². The highest BCUT2D eigenvalue weighted by Crippen LogP contribution is 2.30. The maximum Gasteiger partial charge on any atom is 0.264 e. The van der Waals surface area contributed by atoms with Crippen molar-refractivity contribution in [2.45, 2.75) is 31.3 Å². The molecule has 0 aliphatic carbocycles. The summed E-state index contributed by atoms with van der Waals surface area (Å²) in [6.07, 6.45) is 0. The highest BCUT2D eigenvalue weighted by molar-refractivity contribution is 7.92. The number of aryl methyl sites for hydroxylation is 2. The first-order valence-electron chi connectivity index (χ1n) is 13.9. The van der Waals surface area contributed by atoms with E-state index in [9.17, 15) is 18.5 Å². The summed E-state index contributed by atoms with van der Waals surface area (Å²) in [7, 11) is -4.12. The lowest BCUT2D eigenvalue weighted by Gasteiger charge is -2.41. The van der Waals surface area contributed by atoms with Gasteiger partial charge in [0, 0.05) is 43.4 Å². The molecule has 11 heteroatoms. The zero-order chi connectivity index (χ0) is 30.1. The molecule has 10 nitrogen and oxygen atoms in total. The highest BCUT2D eigenvalue weighted by Gasteiger charge is 2.33. The lowest BCUT2D eigenvalue weighted by atomic mass is 10.00. The lowest BCUT2D eigenvalue weighted by molar-refractivity contribution is 0.0310. The van der Waals surface area contributed by atoms with E-state index >= 15 is 0 Å². The van der Waals surface area contributed by atoms with Gasteiger partial charge in [-0.1, -0.05) is 42.5 Å². The van der Waals surface area contributed by atoms with Crippen molar-refractivity contribution < 1.29 is 17.9 Å². The van der Waals surface area contributed by atoms with Crippen LogP contribution in [0.15, 0.2) is 77.7 Å². The maximum atomic E-state index is 13.8. The highest BCUT2D eigenvalue weighted by atomic mass is 32.2. The van der Waals surface area contributed by atoms with Gasteiger partial charge in [-0.05, 0) is 54.8 Å². The van der Waals surface area contributed by atoms with E-state index in [1.807, 2.05) is 50.2 Å². The number of hydrogen-bond acceptors (Lipinski definition) is 8. The monoisotopic (exact) mass is 594 g/mol. The van der Waals surface area contributed by atoms with E-state index in [1.165, 1.54) is 12.1 Å². The second-order valence-electron chi connectivity index (χ2n) is 10.8. The number of amides is 1. The molecule has 2 aliphatic heterocycles. The molecule has 0 spiro atoms. The summed E-state index contributed by atoms with van der Waals surface area (Å²) in [5.41, 5.74) is 5.12. The molecular formula is C32H30N6O4S. The molecule has 6 rings (SSSR count). The number of carbonyl (C=O) groups excluding carboxylic acids is 1. The van der Waals surface area contributed by atoms with Gasteiger partial charge in [0.25, 0.3) is 15.9 Å². The molecule has 3 heterocycles. The molecule has 1 amide bonds. The maximum absolute atomic E-state index is 13.8. The number of ether oxygens (including phenoxy) is 1. The van der Waals surface area contributed by atoms with Crippen molar-refractivity contribution in [3.05, 3.63) is 101 Å². The van der Waals surface area contributed by atoms with Crippen molar-refractivity contribution in [1.29, 1.82) is 5.26 Å². The number of sulfonamides is 1. The molecule has 1 saturated heterocycles. The predicted octanol–water partition coefficient (Wildman–Crippen LogP) is 4.15. The van der Waals surface area contributed by atoms with Gasteiger partial charge in [0.2, 0.25) is 11.8 Å². The van der Waals surface area contributed by atoms with Crippen LogP contribution in [0.4, 0.5) is 5.95 Å². The lowest BCUT2D eigenvalue weighted by Crippen LogP contribution is -2.57. The van der Waals surface area contributed by atoms with Crippen molar-refractivity contribution in [2.24, 2.45) is 0 Å². The number of nitriles is 1. The summed E-state index contributed by atoms with van der Waals surface area (Å²) in [6.45, 7) is 6.07. The third kappa shape index (κ3) is 5.80. The van der Waals surface area contributed by atoms with Crippen molar-refractivity contribution in [3.63, 3.8) is 0 Å². The van der Waals surface area contributed by atoms with Crippen LogP contribution in [0.2, 0.25) is 0 Å². The molecule has 0 radical (unpaired) electrons. The first-order valence-corrected chi connectivity index (χ1v) is 15.4. The Hall–Kier alpha value is -4.79. The Kier molecular flexibility index (Phi) is 7.56. The summed E-state index contributed by atoms with van der Waals surface area (Å²) >= 11 is 0. The number of nitrogens with zero attached hydrogens (tertiary/aromatic N) is 5. The third-order valence-corrected chi connectivity index (χ3v) is 9.17. The molecule has 1 N–H and O–H groups in total. The molecule has 1 atom stereocenters. The molecule has 2 aliphatic rings. The smallest absolute Gasteiger partial charge is 0.264 e. The fourth-order valence-corrected chi connectivity index (χ4v) is 6.68. The number of benzene rings is 3. The number of anilines is 1. The number of rotatable bonds is 3. The fraction of sp³-hybridized carbons (Fsp3) is 0.250. The fourth-order valence-electron chi connectivity index (χ4n) is 5.70. The largest absolute Gasteiger partial charge is 0.475 e. The molecule has 4 bridgehead atoms. The first kappa shape index (κ1) is 28.3. The van der Waals surface area contributed by atoms with Crippen LogP contribution in [-0.2, 0) is 16.6 Å². The summed E-state index contributed by atoms with van der Waals surface area (Å²) in [5.74, 6) is -0.215. The Balaban J connectivity index is 1.41. The van der Waals surface area contributed by atoms with Crippen molar-refractivity contribution in [1.82, 2.24) is 19.8 Å². The number of fused-ring (bicyclic) bond motifs is 5. The topological polar surface area (TPSA) is 129 Å². The summed E-state index contributed by atoms with van der Waals surface area (Å²) in [5, 5.41) is 9.58. The second-order valence-corrected chi connectivity index (χ2v) is 12.5. The number of piperazine rings is 1. The molecule has 4 aromatic rings. The number of carbonyl (C=O) groups is 1. The van der Waals surface area contributed by atoms with Gasteiger partial charge in [0.1, 0.15) is 6.61 Å². The summed E-state index contributed by atoms with van der Waals surface area (Å²) < 4.78 is 35.6. The van der Waals surface area contributed by atoms with Crippen LogP contribution in [-0.4, -0.2) is 66.4 Å². The van der Waals surface area contributed by atoms with Crippen molar-refractivity contribution >= 4 is 21.9 Å². The summed E-state index contributed by atoms with van der Waals surface area (Å²) in [4.78, 5) is 26.6. The second kappa shape index (κ2) is 11.5. The minimum absolute atomic E-state index is 0.0653. The van der Waals surface area contributed by atoms with Gasteiger partial charge in [-0.25, -0.2) is 18.1 Å². The zero-order valence-electron chi connectivity index (χ0n) is 23.8. The van der Waals surface area contributed by atoms with Gasteiger partial charge in [0.15, 0.2) is 0 Å². The third-order valence-electron chi connectivity index (χ3n) is 7.84. The molecule has 3 aromatic carbocycles. The molecule has 43 heavy (non-hydrogen) atoms. The van der Waals surface area contributed by atoms with Gasteiger partial charge in [0.05, 0.1) is 28.3 Å². The molecule has 218 valence electrons. The zero-order valence-corrected chi connectivity index (χ0v) is 24.6. The standard InChI is InChI=1S/C32H30N6O4S/c1-21-7-5-8-22(2)30(21)28-16-29-35-32(34-28)36-43(40,41)27-12-6-11-23(15-27)31(39)38-14-13-37(19-26(38)20-42-29)18-25-10-4-3-9-24(25)17-33/h3-12,15-16,26H,13-14,18-20H2,1-2H3,(H,34,35,36)/t26-/m1/s1. The van der Waals surface area contributed by atoms with E-state index in [4.69, 9.17) is 4.74 Å². The number of hydrogen-bond donors (Lipinski definition) is 1. The van der Waals surface area contributed by atoms with Crippen LogP contribution in [0.1, 0.15) is 32.6 Å². The Morgan fingerprint density at radius 2 is 1.77 bits per heavy atom. The Morgan fingerprint density at radius 1 is 1.00 bits per heavy atom. The van der Waals surface area contributed by atoms with Gasteiger partial charge in [-0.3, -0.25) is 9.69 Å².